The quantitative estimate of drug-likeness (QED) is 0.918. The molecule has 0 spiro atoms. The monoisotopic (exact) mass is 270 g/mol. The molecule has 2 heterocycles. The summed E-state index contributed by atoms with van der Waals surface area (Å²) in [5.74, 6) is 0. The lowest BCUT2D eigenvalue weighted by Crippen LogP contribution is -2.37. The number of hydrogen-bond acceptors (Lipinski definition) is 3. The Morgan fingerprint density at radius 1 is 1.40 bits per heavy atom. The maximum absolute atomic E-state index is 4.23. The minimum absolute atomic E-state index is 0.432. The number of nitrogens with one attached hydrogen (secondary N) is 1. The van der Waals surface area contributed by atoms with Crippen LogP contribution in [0.25, 0.3) is 0 Å². The molecule has 0 radical (unpaired) electrons. The summed E-state index contributed by atoms with van der Waals surface area (Å²) in [7, 11) is 4.13. The second-order valence-electron chi connectivity index (χ2n) is 5.67. The summed E-state index contributed by atoms with van der Waals surface area (Å²) >= 11 is 0. The highest BCUT2D eigenvalue weighted by Gasteiger charge is 2.20. The van der Waals surface area contributed by atoms with E-state index >= 15 is 0 Å². The molecule has 4 nitrogen and oxygen atoms in total. The Bertz CT molecular complexity index is 575. The molecule has 4 heteroatoms. The number of hydrogen-bond donors (Lipinski definition) is 1. The van der Waals surface area contributed by atoms with E-state index in [4.69, 9.17) is 0 Å². The molecule has 1 N–H and O–H groups in total. The summed E-state index contributed by atoms with van der Waals surface area (Å²) in [6.45, 7) is 3.03. The molecule has 0 amide bonds. The number of rotatable bonds is 4. The molecular weight excluding hydrogens is 248 g/mol. The lowest BCUT2D eigenvalue weighted by molar-refractivity contribution is 0.278. The topological polar surface area (TPSA) is 33.1 Å². The molecule has 0 saturated heterocycles. The third-order valence-electron chi connectivity index (χ3n) is 3.92. The minimum Gasteiger partial charge on any atom is -0.309 e. The predicted octanol–water partition coefficient (Wildman–Crippen LogP) is 1.74. The fourth-order valence-corrected chi connectivity index (χ4v) is 3.00. The summed E-state index contributed by atoms with van der Waals surface area (Å²) in [5, 5.41) is 7.86. The number of nitrogens with zero attached hydrogens (tertiary/aromatic N) is 3. The Labute approximate surface area is 120 Å². The van der Waals surface area contributed by atoms with E-state index in [1.54, 1.807) is 0 Å². The summed E-state index contributed by atoms with van der Waals surface area (Å²) in [5.41, 5.74) is 4.21. The van der Waals surface area contributed by atoms with Crippen molar-refractivity contribution in [3.8, 4) is 0 Å². The van der Waals surface area contributed by atoms with E-state index in [0.29, 0.717) is 6.04 Å². The van der Waals surface area contributed by atoms with Crippen molar-refractivity contribution in [3.05, 3.63) is 53.3 Å². The Morgan fingerprint density at radius 2 is 2.25 bits per heavy atom. The second-order valence-corrected chi connectivity index (χ2v) is 5.67. The van der Waals surface area contributed by atoms with Gasteiger partial charge < -0.3 is 10.2 Å². The maximum Gasteiger partial charge on any atom is 0.0534 e. The lowest BCUT2D eigenvalue weighted by atomic mass is 9.94. The highest BCUT2D eigenvalue weighted by atomic mass is 15.2. The van der Waals surface area contributed by atoms with E-state index in [1.807, 2.05) is 17.9 Å². The van der Waals surface area contributed by atoms with Gasteiger partial charge in [-0.3, -0.25) is 4.68 Å². The van der Waals surface area contributed by atoms with E-state index in [-0.39, 0.29) is 0 Å². The van der Waals surface area contributed by atoms with Crippen molar-refractivity contribution < 1.29 is 0 Å². The zero-order chi connectivity index (χ0) is 13.9. The van der Waals surface area contributed by atoms with Crippen LogP contribution in [-0.2, 0) is 20.0 Å². The average Bonchev–Trinajstić information content (AvgIpc) is 2.84. The van der Waals surface area contributed by atoms with Crippen LogP contribution in [0, 0.1) is 0 Å². The van der Waals surface area contributed by atoms with Gasteiger partial charge in [0.2, 0.25) is 0 Å². The molecule has 1 unspecified atom stereocenters. The molecule has 106 valence electrons. The highest BCUT2D eigenvalue weighted by molar-refractivity contribution is 5.32. The molecule has 0 fully saturated rings. The van der Waals surface area contributed by atoms with Crippen LogP contribution in [0.15, 0.2) is 36.7 Å². The predicted molar refractivity (Wildman–Crippen MR) is 80.4 cm³/mol. The molecule has 2 aromatic rings. The molecule has 0 bridgehead atoms. The SMILES string of the molecule is CN(Cc1cnn(C)c1)CC1NCCc2ccccc21. The van der Waals surface area contributed by atoms with Gasteiger partial charge in [-0.15, -0.1) is 0 Å². The van der Waals surface area contributed by atoms with Crippen molar-refractivity contribution in [2.75, 3.05) is 20.1 Å². The first-order valence-electron chi connectivity index (χ1n) is 7.19. The Morgan fingerprint density at radius 3 is 3.05 bits per heavy atom. The fourth-order valence-electron chi connectivity index (χ4n) is 3.00. The van der Waals surface area contributed by atoms with Gasteiger partial charge in [0.1, 0.15) is 0 Å². The molecule has 1 aliphatic rings. The van der Waals surface area contributed by atoms with Crippen molar-refractivity contribution in [1.29, 1.82) is 0 Å². The van der Waals surface area contributed by atoms with E-state index in [2.05, 4.69) is 52.8 Å². The van der Waals surface area contributed by atoms with E-state index in [1.165, 1.54) is 16.7 Å². The summed E-state index contributed by atoms with van der Waals surface area (Å²) in [6.07, 6.45) is 5.16. The van der Waals surface area contributed by atoms with Gasteiger partial charge >= 0.3 is 0 Å². The Kier molecular flexibility index (Phi) is 3.85. The van der Waals surface area contributed by atoms with Crippen molar-refractivity contribution >= 4 is 0 Å². The van der Waals surface area contributed by atoms with E-state index < -0.39 is 0 Å². The molecule has 1 atom stereocenters. The zero-order valence-corrected chi connectivity index (χ0v) is 12.2. The van der Waals surface area contributed by atoms with E-state index in [9.17, 15) is 0 Å². The van der Waals surface area contributed by atoms with Gasteiger partial charge in [0.25, 0.3) is 0 Å². The van der Waals surface area contributed by atoms with Gasteiger partial charge in [0, 0.05) is 37.9 Å². The first-order valence-corrected chi connectivity index (χ1v) is 7.19. The van der Waals surface area contributed by atoms with Gasteiger partial charge in [-0.05, 0) is 31.1 Å². The van der Waals surface area contributed by atoms with Crippen LogP contribution in [0.1, 0.15) is 22.7 Å². The maximum atomic E-state index is 4.23. The Hall–Kier alpha value is -1.65. The van der Waals surface area contributed by atoms with Gasteiger partial charge in [-0.2, -0.15) is 5.10 Å². The van der Waals surface area contributed by atoms with Crippen LogP contribution < -0.4 is 5.32 Å². The van der Waals surface area contributed by atoms with Crippen molar-refractivity contribution in [2.45, 2.75) is 19.0 Å². The summed E-state index contributed by atoms with van der Waals surface area (Å²) in [6, 6.07) is 9.22. The molecule has 3 rings (SSSR count). The standard InChI is InChI=1S/C16H22N4/c1-19(10-13-9-18-20(2)11-13)12-16-15-6-4-3-5-14(15)7-8-17-16/h3-6,9,11,16-17H,7-8,10,12H2,1-2H3. The number of aryl methyl sites for hydroxylation is 1. The normalized spacial score (nSPS) is 18.2. The molecule has 1 aromatic heterocycles. The molecule has 1 aliphatic heterocycles. The average molecular weight is 270 g/mol. The van der Waals surface area contributed by atoms with Gasteiger partial charge in [0.15, 0.2) is 0 Å². The van der Waals surface area contributed by atoms with Crippen molar-refractivity contribution in [3.63, 3.8) is 0 Å². The summed E-state index contributed by atoms with van der Waals surface area (Å²) in [4.78, 5) is 2.36. The smallest absolute Gasteiger partial charge is 0.0534 e. The van der Waals surface area contributed by atoms with Crippen LogP contribution in [0.2, 0.25) is 0 Å². The highest BCUT2D eigenvalue weighted by Crippen LogP contribution is 2.23. The minimum atomic E-state index is 0.432. The number of aromatic nitrogens is 2. The third kappa shape index (κ3) is 2.92. The van der Waals surface area contributed by atoms with Gasteiger partial charge in [-0.25, -0.2) is 0 Å². The number of likely N-dealkylation sites (N-methyl/N-ethyl adjacent to an activating group) is 1. The second kappa shape index (κ2) is 5.77. The van der Waals surface area contributed by atoms with Crippen molar-refractivity contribution in [1.82, 2.24) is 20.0 Å². The van der Waals surface area contributed by atoms with Gasteiger partial charge in [0.05, 0.1) is 6.20 Å². The van der Waals surface area contributed by atoms with Crippen molar-refractivity contribution in [2.24, 2.45) is 7.05 Å². The van der Waals surface area contributed by atoms with Crippen LogP contribution >= 0.6 is 0 Å². The van der Waals surface area contributed by atoms with Crippen LogP contribution in [0.4, 0.5) is 0 Å². The lowest BCUT2D eigenvalue weighted by Gasteiger charge is -2.30. The van der Waals surface area contributed by atoms with E-state index in [0.717, 1.165) is 26.1 Å². The van der Waals surface area contributed by atoms with Crippen LogP contribution in [-0.4, -0.2) is 34.8 Å². The largest absolute Gasteiger partial charge is 0.309 e. The fraction of sp³-hybridized carbons (Fsp3) is 0.438. The third-order valence-corrected chi connectivity index (χ3v) is 3.92. The first-order chi connectivity index (χ1) is 9.72. The molecule has 20 heavy (non-hydrogen) atoms. The molecule has 0 saturated carbocycles. The summed E-state index contributed by atoms with van der Waals surface area (Å²) < 4.78 is 1.86. The van der Waals surface area contributed by atoms with Crippen LogP contribution in [0.5, 0.6) is 0 Å². The number of benzene rings is 1. The molecule has 1 aromatic carbocycles. The first kappa shape index (κ1) is 13.3. The zero-order valence-electron chi connectivity index (χ0n) is 12.2. The number of fused-ring (bicyclic) bond motifs is 1. The van der Waals surface area contributed by atoms with Gasteiger partial charge in [-0.1, -0.05) is 24.3 Å². The van der Waals surface area contributed by atoms with Crippen LogP contribution in [0.3, 0.4) is 0 Å². The molecule has 0 aliphatic carbocycles. The molecular formula is C16H22N4. The Balaban J connectivity index is 1.66.